The Labute approximate surface area is 209 Å². The quantitative estimate of drug-likeness (QED) is 0.297. The first-order valence-electron chi connectivity index (χ1n) is 10.6. The minimum Gasteiger partial charge on any atom is -0.469 e. The summed E-state index contributed by atoms with van der Waals surface area (Å²) in [5.74, 6) is -1.17. The number of likely N-dealkylation sites (tertiary alicyclic amines) is 1. The van der Waals surface area contributed by atoms with Gasteiger partial charge in [0.2, 0.25) is 5.88 Å². The number of hydrogen-bond donors (Lipinski definition) is 0. The molecule has 0 spiro atoms. The Hall–Kier alpha value is -2.89. The highest BCUT2D eigenvalue weighted by Crippen LogP contribution is 2.34. The van der Waals surface area contributed by atoms with Crippen LogP contribution in [0.25, 0.3) is 22.5 Å². The van der Waals surface area contributed by atoms with Crippen molar-refractivity contribution in [1.82, 2.24) is 19.9 Å². The molecule has 1 aliphatic rings. The molecule has 0 N–H and O–H groups in total. The number of pyridine rings is 1. The Bertz CT molecular complexity index is 1210. The highest BCUT2D eigenvalue weighted by Gasteiger charge is 2.35. The lowest BCUT2D eigenvalue weighted by molar-refractivity contribution is -0.0232. The lowest BCUT2D eigenvalue weighted by Gasteiger charge is -2.39. The maximum Gasteiger partial charge on any atom is 0.410 e. The lowest BCUT2D eigenvalue weighted by atomic mass is 10.0. The number of hydrogen-bond acceptors (Lipinski definition) is 6. The number of alkyl halides is 1. The number of nitrogens with zero attached hydrogens (tertiary/aromatic N) is 4. The van der Waals surface area contributed by atoms with Crippen LogP contribution < -0.4 is 4.74 Å². The van der Waals surface area contributed by atoms with Gasteiger partial charge in [0.05, 0.1) is 25.0 Å². The number of rotatable bonds is 5. The van der Waals surface area contributed by atoms with E-state index >= 15 is 0 Å². The van der Waals surface area contributed by atoms with Gasteiger partial charge in [0.25, 0.3) is 0 Å². The van der Waals surface area contributed by atoms with Crippen LogP contribution in [0.5, 0.6) is 5.88 Å². The SMILES string of the molecule is CC(C)(C)OC(=O)N1CC(Oc2cnc(-c3ccc(F)cc3F)c(-c3ccncc3CI)n2)C1. The van der Waals surface area contributed by atoms with Crippen LogP contribution in [0.1, 0.15) is 26.3 Å². The van der Waals surface area contributed by atoms with Crippen LogP contribution in [0.2, 0.25) is 0 Å². The summed E-state index contributed by atoms with van der Waals surface area (Å²) in [6.07, 6.45) is 4.07. The van der Waals surface area contributed by atoms with Gasteiger partial charge < -0.3 is 14.4 Å². The van der Waals surface area contributed by atoms with Crippen molar-refractivity contribution >= 4 is 28.7 Å². The molecular weight excluding hydrogens is 557 g/mol. The summed E-state index contributed by atoms with van der Waals surface area (Å²) in [6, 6.07) is 5.12. The molecule has 0 aliphatic carbocycles. The molecule has 1 aromatic carbocycles. The van der Waals surface area contributed by atoms with Crippen LogP contribution in [0.4, 0.5) is 13.6 Å². The zero-order valence-corrected chi connectivity index (χ0v) is 21.0. The standard InChI is InChI=1S/C24H23F2IN4O3/c1-24(2,3)34-23(32)31-12-16(13-31)33-20-11-29-21(18-5-4-15(25)8-19(18)26)22(30-20)17-6-7-28-10-14(17)9-27/h4-8,10-11,16H,9,12-13H2,1-3H3. The van der Waals surface area contributed by atoms with E-state index in [0.29, 0.717) is 23.2 Å². The largest absolute Gasteiger partial charge is 0.469 e. The van der Waals surface area contributed by atoms with Gasteiger partial charge in [-0.25, -0.2) is 23.5 Å². The summed E-state index contributed by atoms with van der Waals surface area (Å²) in [6.45, 7) is 6.14. The number of carbonyl (C=O) groups is 1. The van der Waals surface area contributed by atoms with E-state index in [0.717, 1.165) is 17.2 Å². The van der Waals surface area contributed by atoms with E-state index in [-0.39, 0.29) is 23.2 Å². The second kappa shape index (κ2) is 9.77. The third-order valence-corrected chi connectivity index (χ3v) is 5.85. The number of aromatic nitrogens is 3. The van der Waals surface area contributed by atoms with Crippen molar-refractivity contribution in [2.45, 2.75) is 36.9 Å². The second-order valence-electron chi connectivity index (χ2n) is 8.82. The molecule has 0 unspecified atom stereocenters. The first-order valence-corrected chi connectivity index (χ1v) is 12.1. The molecule has 3 aromatic rings. The maximum absolute atomic E-state index is 14.6. The third kappa shape index (κ3) is 5.43. The van der Waals surface area contributed by atoms with Gasteiger partial charge in [-0.05, 0) is 44.5 Å². The van der Waals surface area contributed by atoms with E-state index in [9.17, 15) is 13.6 Å². The fourth-order valence-corrected chi connectivity index (χ4v) is 4.03. The molecule has 1 amide bonds. The van der Waals surface area contributed by atoms with Crippen LogP contribution in [0.3, 0.4) is 0 Å². The van der Waals surface area contributed by atoms with Gasteiger partial charge in [0.15, 0.2) is 0 Å². The molecule has 4 rings (SSSR count). The summed E-state index contributed by atoms with van der Waals surface area (Å²) in [4.78, 5) is 26.9. The monoisotopic (exact) mass is 580 g/mol. The number of carbonyl (C=O) groups excluding carboxylic acids is 1. The van der Waals surface area contributed by atoms with Crippen LogP contribution in [0, 0.1) is 11.6 Å². The van der Waals surface area contributed by atoms with Crippen LogP contribution in [-0.4, -0.2) is 50.7 Å². The molecular formula is C24H23F2IN4O3. The van der Waals surface area contributed by atoms with E-state index in [2.05, 4.69) is 37.5 Å². The Morgan fingerprint density at radius 1 is 1.15 bits per heavy atom. The zero-order valence-electron chi connectivity index (χ0n) is 18.9. The highest BCUT2D eigenvalue weighted by atomic mass is 127. The number of halogens is 3. The Balaban J connectivity index is 1.62. The molecule has 0 saturated carbocycles. The lowest BCUT2D eigenvalue weighted by Crippen LogP contribution is -2.57. The van der Waals surface area contributed by atoms with Crippen molar-refractivity contribution in [3.63, 3.8) is 0 Å². The van der Waals surface area contributed by atoms with Gasteiger partial charge in [-0.3, -0.25) is 4.98 Å². The Kier molecular flexibility index (Phi) is 6.96. The van der Waals surface area contributed by atoms with Gasteiger partial charge >= 0.3 is 6.09 Å². The summed E-state index contributed by atoms with van der Waals surface area (Å²) >= 11 is 2.21. The highest BCUT2D eigenvalue weighted by molar-refractivity contribution is 14.1. The zero-order chi connectivity index (χ0) is 24.5. The normalized spacial score (nSPS) is 14.0. The predicted molar refractivity (Wildman–Crippen MR) is 131 cm³/mol. The molecule has 7 nitrogen and oxygen atoms in total. The van der Waals surface area contributed by atoms with E-state index < -0.39 is 23.3 Å². The van der Waals surface area contributed by atoms with E-state index in [1.54, 1.807) is 23.4 Å². The molecule has 1 fully saturated rings. The van der Waals surface area contributed by atoms with Crippen LogP contribution in [-0.2, 0) is 9.16 Å². The minimum atomic E-state index is -0.735. The fraction of sp³-hybridized carbons (Fsp3) is 0.333. The molecule has 3 heterocycles. The molecule has 0 atom stereocenters. The van der Waals surface area contributed by atoms with Crippen molar-refractivity contribution in [3.05, 3.63) is 60.1 Å². The number of benzene rings is 1. The van der Waals surface area contributed by atoms with Crippen molar-refractivity contribution < 1.29 is 23.0 Å². The first-order chi connectivity index (χ1) is 16.1. The average molecular weight is 580 g/mol. The smallest absolute Gasteiger partial charge is 0.410 e. The molecule has 178 valence electrons. The summed E-state index contributed by atoms with van der Waals surface area (Å²) in [7, 11) is 0. The number of ether oxygens (including phenoxy) is 2. The minimum absolute atomic E-state index is 0.131. The van der Waals surface area contributed by atoms with Crippen LogP contribution in [0.15, 0.2) is 42.9 Å². The van der Waals surface area contributed by atoms with Gasteiger partial charge in [-0.15, -0.1) is 0 Å². The average Bonchev–Trinajstić information content (AvgIpc) is 2.75. The van der Waals surface area contributed by atoms with E-state index in [4.69, 9.17) is 9.47 Å². The van der Waals surface area contributed by atoms with Crippen molar-refractivity contribution in [1.29, 1.82) is 0 Å². The summed E-state index contributed by atoms with van der Waals surface area (Å²) < 4.78 is 40.1. The maximum atomic E-state index is 14.6. The van der Waals surface area contributed by atoms with Crippen molar-refractivity contribution in [2.75, 3.05) is 13.1 Å². The summed E-state index contributed by atoms with van der Waals surface area (Å²) in [5, 5.41) is 0. The van der Waals surface area contributed by atoms with Crippen LogP contribution >= 0.6 is 22.6 Å². The molecule has 1 aliphatic heterocycles. The van der Waals surface area contributed by atoms with E-state index in [1.807, 2.05) is 20.8 Å². The van der Waals surface area contributed by atoms with E-state index in [1.165, 1.54) is 18.3 Å². The molecule has 34 heavy (non-hydrogen) atoms. The van der Waals surface area contributed by atoms with Crippen molar-refractivity contribution in [2.24, 2.45) is 0 Å². The van der Waals surface area contributed by atoms with Gasteiger partial charge in [-0.1, -0.05) is 22.6 Å². The molecule has 0 radical (unpaired) electrons. The third-order valence-electron chi connectivity index (χ3n) is 5.03. The molecule has 10 heteroatoms. The molecule has 2 aromatic heterocycles. The molecule has 0 bridgehead atoms. The summed E-state index contributed by atoms with van der Waals surface area (Å²) in [5.41, 5.74) is 1.84. The number of amides is 1. The van der Waals surface area contributed by atoms with Gasteiger partial charge in [0, 0.05) is 34.0 Å². The first kappa shape index (κ1) is 24.2. The fourth-order valence-electron chi connectivity index (χ4n) is 3.42. The van der Waals surface area contributed by atoms with Gasteiger partial charge in [-0.2, -0.15) is 0 Å². The Morgan fingerprint density at radius 3 is 2.59 bits per heavy atom. The second-order valence-corrected chi connectivity index (χ2v) is 9.58. The van der Waals surface area contributed by atoms with Crippen molar-refractivity contribution in [3.8, 4) is 28.4 Å². The molecule has 1 saturated heterocycles. The Morgan fingerprint density at radius 2 is 1.91 bits per heavy atom. The predicted octanol–water partition coefficient (Wildman–Crippen LogP) is 5.42. The topological polar surface area (TPSA) is 77.4 Å². The van der Waals surface area contributed by atoms with Gasteiger partial charge in [0.1, 0.15) is 29.0 Å².